The number of nitrogens with one attached hydrogen (secondary N) is 2. The molecule has 0 aliphatic carbocycles. The molecule has 49 heavy (non-hydrogen) atoms. The van der Waals surface area contributed by atoms with E-state index in [2.05, 4.69) is 10.3 Å². The molecule has 3 aliphatic heterocycles. The van der Waals surface area contributed by atoms with Crippen molar-refractivity contribution in [3.63, 3.8) is 0 Å². The van der Waals surface area contributed by atoms with Crippen molar-refractivity contribution in [3.05, 3.63) is 65.6 Å². The summed E-state index contributed by atoms with van der Waals surface area (Å²) in [5.74, 6) is 0.689. The Kier molecular flexibility index (Phi) is 9.14. The van der Waals surface area contributed by atoms with Crippen molar-refractivity contribution in [3.8, 4) is 17.0 Å². The molecule has 1 aromatic heterocycles. The van der Waals surface area contributed by atoms with Gasteiger partial charge in [0.25, 0.3) is 0 Å². The number of alkyl carbamates (subject to hydrolysis) is 1. The van der Waals surface area contributed by atoms with E-state index in [1.54, 1.807) is 28.0 Å². The molecular formula is C35H45BN6O7. The molecule has 0 saturated carbocycles. The fraction of sp³-hybridized carbons (Fsp3) is 0.486. The van der Waals surface area contributed by atoms with Crippen LogP contribution in [0.25, 0.3) is 11.3 Å². The number of methoxy groups -OCH3 is 2. The number of aromatic nitrogens is 2. The number of ether oxygens (including phenoxy) is 2. The van der Waals surface area contributed by atoms with Gasteiger partial charge in [0.2, 0.25) is 5.91 Å². The lowest BCUT2D eigenvalue weighted by Gasteiger charge is -2.32. The molecule has 3 aliphatic rings. The van der Waals surface area contributed by atoms with E-state index in [0.717, 1.165) is 33.6 Å². The monoisotopic (exact) mass is 672 g/mol. The van der Waals surface area contributed by atoms with Gasteiger partial charge in [0.1, 0.15) is 23.7 Å². The summed E-state index contributed by atoms with van der Waals surface area (Å²) in [5.41, 5.74) is 3.66. The van der Waals surface area contributed by atoms with Gasteiger partial charge in [-0.1, -0.05) is 50.2 Å². The Morgan fingerprint density at radius 2 is 1.69 bits per heavy atom. The van der Waals surface area contributed by atoms with Crippen LogP contribution in [0.3, 0.4) is 0 Å². The van der Waals surface area contributed by atoms with Crippen LogP contribution in [0.2, 0.25) is 0 Å². The van der Waals surface area contributed by atoms with Crippen molar-refractivity contribution >= 4 is 30.6 Å². The summed E-state index contributed by atoms with van der Waals surface area (Å²) in [5, 5.41) is 2.68. The van der Waals surface area contributed by atoms with Crippen LogP contribution in [0.5, 0.6) is 5.75 Å². The number of aromatic amines is 1. The first-order chi connectivity index (χ1) is 23.2. The summed E-state index contributed by atoms with van der Waals surface area (Å²) in [6, 6.07) is 12.0. The number of imidazole rings is 1. The molecule has 0 radical (unpaired) electrons. The fourth-order valence-corrected chi connectivity index (χ4v) is 6.49. The van der Waals surface area contributed by atoms with Crippen molar-refractivity contribution < 1.29 is 33.2 Å². The van der Waals surface area contributed by atoms with E-state index in [4.69, 9.17) is 23.8 Å². The average molecular weight is 673 g/mol. The van der Waals surface area contributed by atoms with Gasteiger partial charge in [-0.15, -0.1) is 0 Å². The van der Waals surface area contributed by atoms with Crippen LogP contribution in [0.15, 0.2) is 48.7 Å². The molecular weight excluding hydrogens is 627 g/mol. The standard InChI is InChI=1S/C35H45BN6O7/c1-21(2)29(39-32(44)47-8)31(43)42-20-41(33(45)40-17-23-10-9-11-28(46-7)25(23)18-40)19-27(42)30-37-16-26(38-30)22-12-14-24(15-13-22)36-48-34(3,4)35(5,6)49-36/h9-16,21,27,29H,17-20H2,1-8H3,(H,37,38)(H,39,44)/t27-,29?/m0/s1. The van der Waals surface area contributed by atoms with Crippen LogP contribution >= 0.6 is 0 Å². The van der Waals surface area contributed by atoms with Crippen molar-refractivity contribution in [2.45, 2.75) is 77.9 Å². The van der Waals surface area contributed by atoms with E-state index >= 15 is 0 Å². The number of fused-ring (bicyclic) bond motifs is 1. The van der Waals surface area contributed by atoms with Crippen LogP contribution in [0.1, 0.15) is 64.5 Å². The first-order valence-electron chi connectivity index (χ1n) is 16.6. The molecule has 4 heterocycles. The highest BCUT2D eigenvalue weighted by atomic mass is 16.7. The Morgan fingerprint density at radius 1 is 1.00 bits per heavy atom. The molecule has 2 saturated heterocycles. The van der Waals surface area contributed by atoms with Gasteiger partial charge in [-0.05, 0) is 56.3 Å². The molecule has 0 spiro atoms. The van der Waals surface area contributed by atoms with Crippen molar-refractivity contribution in [2.24, 2.45) is 5.92 Å². The Hall–Kier alpha value is -4.56. The topological polar surface area (TPSA) is 139 Å². The first kappa shape index (κ1) is 34.3. The molecule has 260 valence electrons. The summed E-state index contributed by atoms with van der Waals surface area (Å²) >= 11 is 0. The number of H-pyrrole nitrogens is 1. The van der Waals surface area contributed by atoms with Crippen LogP contribution in [-0.4, -0.2) is 94.5 Å². The molecule has 6 rings (SSSR count). The number of urea groups is 1. The second-order valence-corrected chi connectivity index (χ2v) is 14.2. The van der Waals surface area contributed by atoms with E-state index in [1.807, 2.05) is 84.0 Å². The Balaban J connectivity index is 1.24. The van der Waals surface area contributed by atoms with Crippen LogP contribution in [0, 0.1) is 5.92 Å². The number of benzene rings is 2. The van der Waals surface area contributed by atoms with Gasteiger partial charge in [0.15, 0.2) is 0 Å². The minimum atomic E-state index is -0.873. The normalized spacial score (nSPS) is 20.1. The minimum Gasteiger partial charge on any atom is -0.496 e. The summed E-state index contributed by atoms with van der Waals surface area (Å²) in [4.78, 5) is 53.4. The number of amides is 4. The highest BCUT2D eigenvalue weighted by Gasteiger charge is 2.51. The maximum absolute atomic E-state index is 14.1. The number of hydrogen-bond acceptors (Lipinski definition) is 8. The van der Waals surface area contributed by atoms with E-state index in [1.165, 1.54) is 7.11 Å². The summed E-state index contributed by atoms with van der Waals surface area (Å²) in [6.07, 6.45) is 1.02. The molecule has 3 aromatic rings. The molecule has 2 fully saturated rings. The van der Waals surface area contributed by atoms with E-state index < -0.39 is 36.5 Å². The Morgan fingerprint density at radius 3 is 2.33 bits per heavy atom. The zero-order valence-corrected chi connectivity index (χ0v) is 29.4. The molecule has 2 atom stereocenters. The second-order valence-electron chi connectivity index (χ2n) is 14.2. The Bertz CT molecular complexity index is 1710. The number of nitrogens with zero attached hydrogens (tertiary/aromatic N) is 4. The number of rotatable bonds is 7. The summed E-state index contributed by atoms with van der Waals surface area (Å²) in [6.45, 7) is 12.9. The highest BCUT2D eigenvalue weighted by molar-refractivity contribution is 6.62. The molecule has 1 unspecified atom stereocenters. The van der Waals surface area contributed by atoms with Gasteiger partial charge >= 0.3 is 19.2 Å². The molecule has 2 N–H and O–H groups in total. The van der Waals surface area contributed by atoms with E-state index in [0.29, 0.717) is 18.9 Å². The van der Waals surface area contributed by atoms with E-state index in [-0.39, 0.29) is 31.1 Å². The molecule has 14 heteroatoms. The zero-order chi connectivity index (χ0) is 35.2. The van der Waals surface area contributed by atoms with E-state index in [9.17, 15) is 14.4 Å². The van der Waals surface area contributed by atoms with Gasteiger partial charge in [-0.25, -0.2) is 14.6 Å². The van der Waals surface area contributed by atoms with Gasteiger partial charge < -0.3 is 43.8 Å². The predicted molar refractivity (Wildman–Crippen MR) is 183 cm³/mol. The van der Waals surface area contributed by atoms with Crippen LogP contribution in [-0.2, 0) is 31.9 Å². The smallest absolute Gasteiger partial charge is 0.494 e. The number of carbonyl (C=O) groups excluding carboxylic acids is 3. The molecule has 2 aromatic carbocycles. The predicted octanol–water partition coefficient (Wildman–Crippen LogP) is 4.04. The molecule has 13 nitrogen and oxygen atoms in total. The lowest BCUT2D eigenvalue weighted by atomic mass is 9.79. The SMILES string of the molecule is COC(=O)NC(C(=O)N1CN(C(=O)N2Cc3cccc(OC)c3C2)C[C@H]1c1ncc(-c2ccc(B3OC(C)(C)C(C)(C)O3)cc2)[nH]1)C(C)C. The van der Waals surface area contributed by atoms with Crippen LogP contribution in [0.4, 0.5) is 9.59 Å². The third-order valence-electron chi connectivity index (χ3n) is 10.1. The third-order valence-corrected chi connectivity index (χ3v) is 10.1. The first-order valence-corrected chi connectivity index (χ1v) is 16.6. The third kappa shape index (κ3) is 6.46. The quantitative estimate of drug-likeness (QED) is 0.359. The van der Waals surface area contributed by atoms with Crippen LogP contribution < -0.4 is 15.5 Å². The van der Waals surface area contributed by atoms with Crippen molar-refractivity contribution in [1.82, 2.24) is 30.0 Å². The number of hydrogen-bond donors (Lipinski definition) is 2. The summed E-state index contributed by atoms with van der Waals surface area (Å²) in [7, 11) is 2.40. The maximum Gasteiger partial charge on any atom is 0.494 e. The number of carbonyl (C=O) groups is 3. The second kappa shape index (κ2) is 13.0. The lowest BCUT2D eigenvalue weighted by molar-refractivity contribution is -0.135. The van der Waals surface area contributed by atoms with Crippen molar-refractivity contribution in [2.75, 3.05) is 27.4 Å². The largest absolute Gasteiger partial charge is 0.496 e. The summed E-state index contributed by atoms with van der Waals surface area (Å²) < 4.78 is 22.8. The maximum atomic E-state index is 14.1. The van der Waals surface area contributed by atoms with Crippen molar-refractivity contribution in [1.29, 1.82) is 0 Å². The van der Waals surface area contributed by atoms with Gasteiger partial charge in [-0.2, -0.15) is 0 Å². The minimum absolute atomic E-state index is 0.0250. The molecule has 0 bridgehead atoms. The van der Waals surface area contributed by atoms with Gasteiger partial charge in [-0.3, -0.25) is 4.79 Å². The van der Waals surface area contributed by atoms with Gasteiger partial charge in [0.05, 0.1) is 57.1 Å². The lowest BCUT2D eigenvalue weighted by Crippen LogP contribution is -2.52. The molecule has 4 amide bonds. The fourth-order valence-electron chi connectivity index (χ4n) is 6.49. The average Bonchev–Trinajstić information content (AvgIpc) is 3.87. The Labute approximate surface area is 287 Å². The zero-order valence-electron chi connectivity index (χ0n) is 29.4. The highest BCUT2D eigenvalue weighted by Crippen LogP contribution is 2.37. The van der Waals surface area contributed by atoms with Gasteiger partial charge in [0, 0.05) is 12.1 Å².